The normalized spacial score (nSPS) is 16.0. The van der Waals surface area contributed by atoms with Gasteiger partial charge in [-0.2, -0.15) is 0 Å². The number of carbonyl (C=O) groups is 1. The maximum Gasteiger partial charge on any atom is 0.409 e. The fourth-order valence-corrected chi connectivity index (χ4v) is 2.02. The van der Waals surface area contributed by atoms with Crippen molar-refractivity contribution in [3.05, 3.63) is 18.1 Å². The standard InChI is InChI=1S/C12H18N6O3/c1-2-21-12(19)18-5-3-17(4-6-18)10-8-14-7-9(15-10)11(13)16-20/h7-8,20H,2-6H2,1H3,(H2,13,16). The first-order chi connectivity index (χ1) is 10.2. The van der Waals surface area contributed by atoms with Crippen LogP contribution >= 0.6 is 0 Å². The number of nitrogens with zero attached hydrogens (tertiary/aromatic N) is 5. The molecule has 3 N–H and O–H groups in total. The van der Waals surface area contributed by atoms with E-state index >= 15 is 0 Å². The third kappa shape index (κ3) is 3.50. The molecule has 0 unspecified atom stereocenters. The van der Waals surface area contributed by atoms with Gasteiger partial charge in [0.2, 0.25) is 0 Å². The molecule has 1 aromatic rings. The first-order valence-corrected chi connectivity index (χ1v) is 6.62. The summed E-state index contributed by atoms with van der Waals surface area (Å²) < 4.78 is 4.97. The average Bonchev–Trinajstić information content (AvgIpc) is 2.54. The molecule has 1 aliphatic heterocycles. The molecule has 1 saturated heterocycles. The van der Waals surface area contributed by atoms with Gasteiger partial charge in [-0.1, -0.05) is 5.16 Å². The summed E-state index contributed by atoms with van der Waals surface area (Å²) in [6.07, 6.45) is 2.73. The summed E-state index contributed by atoms with van der Waals surface area (Å²) in [7, 11) is 0. The number of aromatic nitrogens is 2. The molecule has 1 fully saturated rings. The summed E-state index contributed by atoms with van der Waals surface area (Å²) in [5, 5.41) is 11.6. The SMILES string of the molecule is CCOC(=O)N1CCN(c2cncc(/C(N)=N/O)n2)CC1. The molecule has 0 aliphatic carbocycles. The molecular formula is C12H18N6O3. The minimum absolute atomic E-state index is 0.0884. The molecule has 1 amide bonds. The lowest BCUT2D eigenvalue weighted by Crippen LogP contribution is -2.49. The van der Waals surface area contributed by atoms with Crippen LogP contribution in [0.25, 0.3) is 0 Å². The minimum atomic E-state index is -0.298. The van der Waals surface area contributed by atoms with Crippen LogP contribution in [0.1, 0.15) is 12.6 Å². The Hall–Kier alpha value is -2.58. The van der Waals surface area contributed by atoms with Gasteiger partial charge < -0.3 is 25.5 Å². The van der Waals surface area contributed by atoms with Crippen LogP contribution in [-0.2, 0) is 4.74 Å². The van der Waals surface area contributed by atoms with Crippen LogP contribution in [0, 0.1) is 0 Å². The highest BCUT2D eigenvalue weighted by atomic mass is 16.6. The number of amides is 1. The van der Waals surface area contributed by atoms with Gasteiger partial charge in [-0.3, -0.25) is 4.98 Å². The van der Waals surface area contributed by atoms with E-state index in [9.17, 15) is 4.79 Å². The van der Waals surface area contributed by atoms with E-state index in [-0.39, 0.29) is 11.9 Å². The van der Waals surface area contributed by atoms with Crippen molar-refractivity contribution in [2.24, 2.45) is 10.9 Å². The highest BCUT2D eigenvalue weighted by Crippen LogP contribution is 2.13. The monoisotopic (exact) mass is 294 g/mol. The molecule has 9 nitrogen and oxygen atoms in total. The Balaban J connectivity index is 2.01. The fraction of sp³-hybridized carbons (Fsp3) is 0.500. The number of hydrogen-bond donors (Lipinski definition) is 2. The lowest BCUT2D eigenvalue weighted by atomic mass is 10.3. The third-order valence-electron chi connectivity index (χ3n) is 3.12. The molecule has 1 aliphatic rings. The van der Waals surface area contributed by atoms with E-state index < -0.39 is 0 Å². The van der Waals surface area contributed by atoms with E-state index in [1.165, 1.54) is 6.20 Å². The topological polar surface area (TPSA) is 117 Å². The number of rotatable bonds is 3. The lowest BCUT2D eigenvalue weighted by molar-refractivity contribution is 0.105. The number of oxime groups is 1. The number of amidine groups is 1. The van der Waals surface area contributed by atoms with Crippen LogP contribution in [0.3, 0.4) is 0 Å². The molecule has 2 rings (SSSR count). The maximum atomic E-state index is 11.6. The van der Waals surface area contributed by atoms with E-state index in [1.54, 1.807) is 18.0 Å². The van der Waals surface area contributed by atoms with Gasteiger partial charge in [0.25, 0.3) is 0 Å². The van der Waals surface area contributed by atoms with Crippen molar-refractivity contribution in [2.45, 2.75) is 6.92 Å². The number of ether oxygens (including phenoxy) is 1. The van der Waals surface area contributed by atoms with Crippen molar-refractivity contribution >= 4 is 17.7 Å². The van der Waals surface area contributed by atoms with Gasteiger partial charge in [-0.05, 0) is 6.92 Å². The molecule has 0 radical (unpaired) electrons. The highest BCUT2D eigenvalue weighted by Gasteiger charge is 2.23. The number of hydrogen-bond acceptors (Lipinski definition) is 7. The van der Waals surface area contributed by atoms with Gasteiger partial charge in [0.15, 0.2) is 5.84 Å². The van der Waals surface area contributed by atoms with E-state index in [4.69, 9.17) is 15.7 Å². The quantitative estimate of drug-likeness (QED) is 0.344. The van der Waals surface area contributed by atoms with E-state index in [2.05, 4.69) is 15.1 Å². The molecule has 0 aromatic carbocycles. The van der Waals surface area contributed by atoms with Crippen LogP contribution in [0.4, 0.5) is 10.6 Å². The third-order valence-corrected chi connectivity index (χ3v) is 3.12. The molecule has 1 aromatic heterocycles. The summed E-state index contributed by atoms with van der Waals surface area (Å²) >= 11 is 0. The predicted molar refractivity (Wildman–Crippen MR) is 75.4 cm³/mol. The highest BCUT2D eigenvalue weighted by molar-refractivity contribution is 5.95. The summed E-state index contributed by atoms with van der Waals surface area (Å²) in [6.45, 7) is 4.48. The van der Waals surface area contributed by atoms with Crippen LogP contribution in [0.15, 0.2) is 17.5 Å². The Morgan fingerprint density at radius 3 is 2.76 bits per heavy atom. The summed E-state index contributed by atoms with van der Waals surface area (Å²) in [4.78, 5) is 23.6. The first kappa shape index (κ1) is 14.8. The zero-order valence-electron chi connectivity index (χ0n) is 11.8. The van der Waals surface area contributed by atoms with Gasteiger partial charge in [0, 0.05) is 26.2 Å². The van der Waals surface area contributed by atoms with Crippen LogP contribution in [0.2, 0.25) is 0 Å². The van der Waals surface area contributed by atoms with Gasteiger partial charge in [0.1, 0.15) is 11.5 Å². The molecule has 9 heteroatoms. The number of nitrogens with two attached hydrogens (primary N) is 1. The van der Waals surface area contributed by atoms with Crippen LogP contribution in [-0.4, -0.2) is 64.8 Å². The van der Waals surface area contributed by atoms with Gasteiger partial charge in [-0.15, -0.1) is 0 Å². The first-order valence-electron chi connectivity index (χ1n) is 6.62. The molecule has 0 spiro atoms. The second-order valence-electron chi connectivity index (χ2n) is 4.42. The smallest absolute Gasteiger partial charge is 0.409 e. The summed E-state index contributed by atoms with van der Waals surface area (Å²) in [6, 6.07) is 0. The zero-order valence-corrected chi connectivity index (χ0v) is 11.8. The van der Waals surface area contributed by atoms with Gasteiger partial charge in [0.05, 0.1) is 19.0 Å². The van der Waals surface area contributed by atoms with Crippen molar-refractivity contribution in [1.82, 2.24) is 14.9 Å². The Labute approximate surface area is 122 Å². The molecule has 2 heterocycles. The Morgan fingerprint density at radius 2 is 2.14 bits per heavy atom. The average molecular weight is 294 g/mol. The summed E-state index contributed by atoms with van der Waals surface area (Å²) in [5.74, 6) is 0.539. The largest absolute Gasteiger partial charge is 0.450 e. The molecule has 0 bridgehead atoms. The molecule has 114 valence electrons. The van der Waals surface area contributed by atoms with Crippen LogP contribution in [0.5, 0.6) is 0 Å². The van der Waals surface area contributed by atoms with Crippen molar-refractivity contribution < 1.29 is 14.7 Å². The predicted octanol–water partition coefficient (Wildman–Crippen LogP) is -0.150. The van der Waals surface area contributed by atoms with Crippen molar-refractivity contribution in [2.75, 3.05) is 37.7 Å². The van der Waals surface area contributed by atoms with Crippen molar-refractivity contribution in [1.29, 1.82) is 0 Å². The molecular weight excluding hydrogens is 276 g/mol. The number of anilines is 1. The van der Waals surface area contributed by atoms with E-state index in [1.807, 2.05) is 4.90 Å². The number of piperazine rings is 1. The van der Waals surface area contributed by atoms with E-state index in [0.29, 0.717) is 44.3 Å². The molecule has 0 atom stereocenters. The van der Waals surface area contributed by atoms with Gasteiger partial charge in [-0.25, -0.2) is 9.78 Å². The van der Waals surface area contributed by atoms with Gasteiger partial charge >= 0.3 is 6.09 Å². The molecule has 0 saturated carbocycles. The Morgan fingerprint density at radius 1 is 1.43 bits per heavy atom. The van der Waals surface area contributed by atoms with E-state index in [0.717, 1.165) is 0 Å². The fourth-order valence-electron chi connectivity index (χ4n) is 2.02. The van der Waals surface area contributed by atoms with Crippen molar-refractivity contribution in [3.8, 4) is 0 Å². The minimum Gasteiger partial charge on any atom is -0.450 e. The second kappa shape index (κ2) is 6.73. The Bertz CT molecular complexity index is 527. The molecule has 21 heavy (non-hydrogen) atoms. The second-order valence-corrected chi connectivity index (χ2v) is 4.42. The van der Waals surface area contributed by atoms with Crippen molar-refractivity contribution in [3.63, 3.8) is 0 Å². The zero-order chi connectivity index (χ0) is 15.2. The lowest BCUT2D eigenvalue weighted by Gasteiger charge is -2.34. The Kier molecular flexibility index (Phi) is 4.75. The number of carbonyl (C=O) groups excluding carboxylic acids is 1. The maximum absolute atomic E-state index is 11.6. The summed E-state index contributed by atoms with van der Waals surface area (Å²) in [5.41, 5.74) is 5.81. The van der Waals surface area contributed by atoms with Crippen LogP contribution < -0.4 is 10.6 Å².